The van der Waals surface area contributed by atoms with Crippen LogP contribution in [0.15, 0.2) is 17.1 Å². The first kappa shape index (κ1) is 15.4. The van der Waals surface area contributed by atoms with Gasteiger partial charge in [0.1, 0.15) is 13.1 Å². The van der Waals surface area contributed by atoms with Crippen molar-refractivity contribution in [1.29, 1.82) is 0 Å². The first-order valence-electron chi connectivity index (χ1n) is 7.45. The Morgan fingerprint density at radius 3 is 2.78 bits per heavy atom. The van der Waals surface area contributed by atoms with E-state index in [0.29, 0.717) is 0 Å². The fraction of sp³-hybridized carbons (Fsp3) is 0.800. The van der Waals surface area contributed by atoms with E-state index in [1.807, 2.05) is 0 Å². The molecule has 0 saturated heterocycles. The Hall–Kier alpha value is -0.670. The molecule has 3 nitrogen and oxygen atoms in total. The SMILES string of the molecule is CC/C=C/CCCCC1=NCC[N+]1(CC)CCO. The van der Waals surface area contributed by atoms with Crippen molar-refractivity contribution in [2.45, 2.75) is 46.0 Å². The average Bonchev–Trinajstić information content (AvgIpc) is 2.78. The van der Waals surface area contributed by atoms with Gasteiger partial charge in [-0.2, -0.15) is 0 Å². The van der Waals surface area contributed by atoms with Gasteiger partial charge in [0.25, 0.3) is 0 Å². The van der Waals surface area contributed by atoms with E-state index in [9.17, 15) is 5.11 Å². The predicted molar refractivity (Wildman–Crippen MR) is 77.8 cm³/mol. The van der Waals surface area contributed by atoms with Crippen LogP contribution in [-0.4, -0.2) is 48.2 Å². The van der Waals surface area contributed by atoms with Crippen LogP contribution in [0.4, 0.5) is 0 Å². The minimum atomic E-state index is 0.270. The van der Waals surface area contributed by atoms with Gasteiger partial charge in [0.2, 0.25) is 0 Å². The number of rotatable bonds is 9. The lowest BCUT2D eigenvalue weighted by Crippen LogP contribution is -2.52. The Labute approximate surface area is 112 Å². The van der Waals surface area contributed by atoms with Crippen molar-refractivity contribution in [2.24, 2.45) is 4.99 Å². The third-order valence-electron chi connectivity index (χ3n) is 3.93. The zero-order valence-electron chi connectivity index (χ0n) is 12.1. The second-order valence-corrected chi connectivity index (χ2v) is 5.06. The zero-order chi connectivity index (χ0) is 13.3. The van der Waals surface area contributed by atoms with Crippen LogP contribution in [0.2, 0.25) is 0 Å². The van der Waals surface area contributed by atoms with E-state index >= 15 is 0 Å². The molecule has 1 atom stereocenters. The summed E-state index contributed by atoms with van der Waals surface area (Å²) in [5.41, 5.74) is 0. The molecular weight excluding hydrogens is 224 g/mol. The maximum Gasteiger partial charge on any atom is 0.198 e. The minimum absolute atomic E-state index is 0.270. The quantitative estimate of drug-likeness (QED) is 0.382. The van der Waals surface area contributed by atoms with E-state index in [4.69, 9.17) is 0 Å². The Balaban J connectivity index is 2.34. The summed E-state index contributed by atoms with van der Waals surface area (Å²) < 4.78 is 0.932. The lowest BCUT2D eigenvalue weighted by molar-refractivity contribution is -0.835. The molecule has 18 heavy (non-hydrogen) atoms. The summed E-state index contributed by atoms with van der Waals surface area (Å²) >= 11 is 0. The van der Waals surface area contributed by atoms with Crippen LogP contribution in [0.25, 0.3) is 0 Å². The fourth-order valence-corrected chi connectivity index (χ4v) is 2.73. The molecule has 1 N–H and O–H groups in total. The van der Waals surface area contributed by atoms with Gasteiger partial charge in [-0.1, -0.05) is 19.1 Å². The smallest absolute Gasteiger partial charge is 0.198 e. The molecular formula is C15H29N2O+. The number of amidine groups is 1. The van der Waals surface area contributed by atoms with Crippen molar-refractivity contribution in [3.8, 4) is 0 Å². The van der Waals surface area contributed by atoms with Crippen LogP contribution in [0.3, 0.4) is 0 Å². The summed E-state index contributed by atoms with van der Waals surface area (Å²) in [6, 6.07) is 0. The van der Waals surface area contributed by atoms with E-state index in [1.165, 1.54) is 25.1 Å². The molecule has 0 aromatic carbocycles. The Kier molecular flexibility index (Phi) is 7.21. The van der Waals surface area contributed by atoms with Gasteiger partial charge in [0, 0.05) is 6.42 Å². The average molecular weight is 253 g/mol. The second kappa shape index (κ2) is 8.44. The fourth-order valence-electron chi connectivity index (χ4n) is 2.73. The molecule has 1 heterocycles. The van der Waals surface area contributed by atoms with Crippen LogP contribution < -0.4 is 0 Å². The molecule has 0 radical (unpaired) electrons. The molecule has 0 aliphatic carbocycles. The van der Waals surface area contributed by atoms with Crippen LogP contribution >= 0.6 is 0 Å². The number of nitrogens with zero attached hydrogens (tertiary/aromatic N) is 2. The van der Waals surface area contributed by atoms with Crippen molar-refractivity contribution in [3.63, 3.8) is 0 Å². The number of aliphatic hydroxyl groups excluding tert-OH is 1. The lowest BCUT2D eigenvalue weighted by Gasteiger charge is -2.33. The number of unbranched alkanes of at least 4 members (excludes halogenated alkanes) is 2. The van der Waals surface area contributed by atoms with Gasteiger partial charge in [-0.05, 0) is 32.6 Å². The van der Waals surface area contributed by atoms with Gasteiger partial charge >= 0.3 is 0 Å². The molecule has 0 fully saturated rings. The third-order valence-corrected chi connectivity index (χ3v) is 3.93. The van der Waals surface area contributed by atoms with Gasteiger partial charge < -0.3 is 5.11 Å². The Bertz CT molecular complexity index is 286. The van der Waals surface area contributed by atoms with Crippen molar-refractivity contribution >= 4 is 5.84 Å². The van der Waals surface area contributed by atoms with E-state index in [-0.39, 0.29) is 6.61 Å². The highest BCUT2D eigenvalue weighted by atomic mass is 16.3. The zero-order valence-corrected chi connectivity index (χ0v) is 12.1. The van der Waals surface area contributed by atoms with Crippen molar-refractivity contribution < 1.29 is 9.59 Å². The third kappa shape index (κ3) is 4.21. The summed E-state index contributed by atoms with van der Waals surface area (Å²) in [6.45, 7) is 8.58. The molecule has 3 heteroatoms. The van der Waals surface area contributed by atoms with Gasteiger partial charge in [-0.25, -0.2) is 4.99 Å². The summed E-state index contributed by atoms with van der Waals surface area (Å²) in [5.74, 6) is 1.33. The standard InChI is InChI=1S/C15H29N2O/c1-3-5-6-7-8-9-10-15-16-11-12-17(15,4-2)13-14-18/h5-6,18H,3-4,7-14H2,1-2H3/q+1/b6-5+. The van der Waals surface area contributed by atoms with Crippen LogP contribution in [0.1, 0.15) is 46.0 Å². The van der Waals surface area contributed by atoms with E-state index in [1.54, 1.807) is 0 Å². The molecule has 1 rings (SSSR count). The highest BCUT2D eigenvalue weighted by Crippen LogP contribution is 2.19. The van der Waals surface area contributed by atoms with Gasteiger partial charge in [0.15, 0.2) is 5.84 Å². The summed E-state index contributed by atoms with van der Waals surface area (Å²) in [4.78, 5) is 4.67. The monoisotopic (exact) mass is 253 g/mol. The first-order valence-corrected chi connectivity index (χ1v) is 7.45. The normalized spacial score (nSPS) is 23.8. The van der Waals surface area contributed by atoms with Crippen molar-refractivity contribution in [1.82, 2.24) is 0 Å². The van der Waals surface area contributed by atoms with Crippen molar-refractivity contribution in [2.75, 3.05) is 32.8 Å². The molecule has 1 aliphatic rings. The van der Waals surface area contributed by atoms with Crippen LogP contribution in [0, 0.1) is 0 Å². The van der Waals surface area contributed by atoms with Gasteiger partial charge in [-0.3, -0.25) is 4.48 Å². The summed E-state index contributed by atoms with van der Waals surface area (Å²) in [6.07, 6.45) is 10.4. The second-order valence-electron chi connectivity index (χ2n) is 5.06. The summed E-state index contributed by atoms with van der Waals surface area (Å²) in [7, 11) is 0. The molecule has 1 aliphatic heterocycles. The number of hydrogen-bond donors (Lipinski definition) is 1. The highest BCUT2D eigenvalue weighted by Gasteiger charge is 2.35. The first-order chi connectivity index (χ1) is 8.79. The van der Waals surface area contributed by atoms with Crippen LogP contribution in [-0.2, 0) is 0 Å². The number of aliphatic hydroxyl groups is 1. The number of aliphatic imine (C=N–C) groups is 1. The minimum Gasteiger partial charge on any atom is -0.390 e. The molecule has 0 aromatic heterocycles. The molecule has 104 valence electrons. The molecule has 1 unspecified atom stereocenters. The maximum absolute atomic E-state index is 9.23. The number of allylic oxidation sites excluding steroid dienone is 2. The molecule has 0 aromatic rings. The molecule has 0 bridgehead atoms. The maximum atomic E-state index is 9.23. The van der Waals surface area contributed by atoms with Gasteiger partial charge in [-0.15, -0.1) is 0 Å². The molecule has 0 amide bonds. The summed E-state index contributed by atoms with van der Waals surface area (Å²) in [5, 5.41) is 9.23. The molecule has 0 spiro atoms. The van der Waals surface area contributed by atoms with E-state index in [2.05, 4.69) is 31.0 Å². The van der Waals surface area contributed by atoms with E-state index in [0.717, 1.165) is 43.5 Å². The largest absolute Gasteiger partial charge is 0.390 e. The van der Waals surface area contributed by atoms with E-state index < -0.39 is 0 Å². The Morgan fingerprint density at radius 2 is 2.11 bits per heavy atom. The molecule has 0 saturated carbocycles. The highest BCUT2D eigenvalue weighted by molar-refractivity contribution is 5.76. The van der Waals surface area contributed by atoms with Gasteiger partial charge in [0.05, 0.1) is 19.7 Å². The van der Waals surface area contributed by atoms with Crippen LogP contribution in [0.5, 0.6) is 0 Å². The number of likely N-dealkylation sites (N-methyl/N-ethyl adjacent to an activating group) is 1. The topological polar surface area (TPSA) is 32.6 Å². The van der Waals surface area contributed by atoms with Crippen molar-refractivity contribution in [3.05, 3.63) is 12.2 Å². The number of hydrogen-bond acceptors (Lipinski definition) is 2. The predicted octanol–water partition coefficient (Wildman–Crippen LogP) is 2.75. The number of quaternary nitrogens is 1. The lowest BCUT2D eigenvalue weighted by atomic mass is 10.1. The Morgan fingerprint density at radius 1 is 1.28 bits per heavy atom.